The number of fused-ring (bicyclic) bond motifs is 1. The van der Waals surface area contributed by atoms with Crippen LogP contribution >= 0.6 is 0 Å². The van der Waals surface area contributed by atoms with Crippen molar-refractivity contribution in [3.63, 3.8) is 0 Å². The maximum absolute atomic E-state index is 11.5. The molecule has 0 aromatic carbocycles. The van der Waals surface area contributed by atoms with Crippen LogP contribution in [0.2, 0.25) is 0 Å². The largest absolute Gasteiger partial charge is 0.382 e. The summed E-state index contributed by atoms with van der Waals surface area (Å²) >= 11 is 0. The van der Waals surface area contributed by atoms with Crippen molar-refractivity contribution in [3.8, 4) is 0 Å². The Bertz CT molecular complexity index is 356. The van der Waals surface area contributed by atoms with Gasteiger partial charge in [0.15, 0.2) is 0 Å². The molecule has 0 heterocycles. The van der Waals surface area contributed by atoms with Gasteiger partial charge in [0, 0.05) is 7.11 Å². The molecule has 1 saturated carbocycles. The summed E-state index contributed by atoms with van der Waals surface area (Å²) in [5.41, 5.74) is 1.79. The molecule has 1 fully saturated rings. The Morgan fingerprint density at radius 2 is 1.94 bits per heavy atom. The average Bonchev–Trinajstić information content (AvgIpc) is 2.36. The molecule has 0 bridgehead atoms. The van der Waals surface area contributed by atoms with Crippen molar-refractivity contribution in [3.05, 3.63) is 11.1 Å². The van der Waals surface area contributed by atoms with E-state index in [2.05, 4.69) is 27.7 Å². The van der Waals surface area contributed by atoms with Crippen LogP contribution in [-0.2, 0) is 4.74 Å². The van der Waals surface area contributed by atoms with E-state index in [0.29, 0.717) is 5.92 Å². The molecule has 2 aliphatic rings. The fourth-order valence-electron chi connectivity index (χ4n) is 4.17. The van der Waals surface area contributed by atoms with Crippen LogP contribution in [0.25, 0.3) is 0 Å². The first kappa shape index (κ1) is 14.1. The molecule has 0 aromatic rings. The topological polar surface area (TPSA) is 29.5 Å². The minimum atomic E-state index is -0.778. The zero-order valence-corrected chi connectivity index (χ0v) is 12.5. The second-order valence-electron chi connectivity index (χ2n) is 6.93. The first-order valence-corrected chi connectivity index (χ1v) is 7.29. The Hall–Kier alpha value is -0.340. The lowest BCUT2D eigenvalue weighted by Gasteiger charge is -2.53. The van der Waals surface area contributed by atoms with Crippen LogP contribution in [0.4, 0.5) is 0 Å². The SMILES string of the molecule is CO[C@@H]1[C@H](C)CCC2=C(C)CCCC(C)(C)[C@@]21O. The van der Waals surface area contributed by atoms with Crippen LogP contribution < -0.4 is 0 Å². The highest BCUT2D eigenvalue weighted by Gasteiger charge is 2.56. The van der Waals surface area contributed by atoms with E-state index >= 15 is 0 Å². The van der Waals surface area contributed by atoms with Gasteiger partial charge in [-0.1, -0.05) is 26.3 Å². The zero-order valence-electron chi connectivity index (χ0n) is 12.5. The van der Waals surface area contributed by atoms with Crippen molar-refractivity contribution in [2.24, 2.45) is 11.3 Å². The van der Waals surface area contributed by atoms with Crippen molar-refractivity contribution in [1.29, 1.82) is 0 Å². The van der Waals surface area contributed by atoms with E-state index in [1.165, 1.54) is 17.6 Å². The van der Waals surface area contributed by atoms with E-state index in [4.69, 9.17) is 4.74 Å². The molecule has 1 N–H and O–H groups in total. The maximum Gasteiger partial charge on any atom is 0.117 e. The van der Waals surface area contributed by atoms with E-state index in [9.17, 15) is 5.11 Å². The van der Waals surface area contributed by atoms with Gasteiger partial charge in [0.05, 0.1) is 6.10 Å². The molecule has 0 saturated heterocycles. The molecule has 0 spiro atoms. The summed E-state index contributed by atoms with van der Waals surface area (Å²) in [6, 6.07) is 0. The molecule has 0 radical (unpaired) electrons. The first-order valence-electron chi connectivity index (χ1n) is 7.29. The van der Waals surface area contributed by atoms with E-state index in [-0.39, 0.29) is 11.5 Å². The number of rotatable bonds is 1. The van der Waals surface area contributed by atoms with Crippen LogP contribution in [0.5, 0.6) is 0 Å². The van der Waals surface area contributed by atoms with E-state index in [1.54, 1.807) is 7.11 Å². The lowest BCUT2D eigenvalue weighted by atomic mass is 9.59. The van der Waals surface area contributed by atoms with Gasteiger partial charge in [-0.25, -0.2) is 0 Å². The average molecular weight is 252 g/mol. The van der Waals surface area contributed by atoms with Crippen molar-refractivity contribution >= 4 is 0 Å². The third-order valence-electron chi connectivity index (χ3n) is 5.39. The van der Waals surface area contributed by atoms with Gasteiger partial charge in [0.25, 0.3) is 0 Å². The van der Waals surface area contributed by atoms with Gasteiger partial charge in [-0.15, -0.1) is 0 Å². The number of ether oxygens (including phenoxy) is 1. The Morgan fingerprint density at radius 1 is 1.28 bits per heavy atom. The smallest absolute Gasteiger partial charge is 0.117 e. The van der Waals surface area contributed by atoms with E-state index in [0.717, 1.165) is 25.7 Å². The van der Waals surface area contributed by atoms with Crippen molar-refractivity contribution in [2.45, 2.75) is 71.5 Å². The number of allylic oxidation sites excluding steroid dienone is 1. The third-order valence-corrected chi connectivity index (χ3v) is 5.39. The summed E-state index contributed by atoms with van der Waals surface area (Å²) in [5, 5.41) is 11.5. The molecule has 2 aliphatic carbocycles. The van der Waals surface area contributed by atoms with Crippen molar-refractivity contribution in [1.82, 2.24) is 0 Å². The molecule has 2 rings (SSSR count). The molecule has 0 unspecified atom stereocenters. The fraction of sp³-hybridized carbons (Fsp3) is 0.875. The van der Waals surface area contributed by atoms with Gasteiger partial charge in [-0.2, -0.15) is 0 Å². The van der Waals surface area contributed by atoms with E-state index in [1.807, 2.05) is 0 Å². The highest BCUT2D eigenvalue weighted by Crippen LogP contribution is 2.53. The van der Waals surface area contributed by atoms with Gasteiger partial charge in [0.1, 0.15) is 5.60 Å². The number of hydrogen-bond donors (Lipinski definition) is 1. The molecule has 2 heteroatoms. The molecular weight excluding hydrogens is 224 g/mol. The summed E-state index contributed by atoms with van der Waals surface area (Å²) in [6.45, 7) is 8.81. The summed E-state index contributed by atoms with van der Waals surface area (Å²) in [7, 11) is 1.75. The number of hydrogen-bond acceptors (Lipinski definition) is 2. The number of aliphatic hydroxyl groups is 1. The van der Waals surface area contributed by atoms with E-state index < -0.39 is 5.60 Å². The van der Waals surface area contributed by atoms with Crippen LogP contribution in [0, 0.1) is 11.3 Å². The standard InChI is InChI=1S/C16H28O2/c1-11-7-6-10-15(3,4)16(17)13(11)9-8-12(2)14(16)18-5/h12,14,17H,6-10H2,1-5H3/t12-,14-,16-/m1/s1. The quantitative estimate of drug-likeness (QED) is 0.721. The zero-order chi connectivity index (χ0) is 13.6. The monoisotopic (exact) mass is 252 g/mol. The minimum Gasteiger partial charge on any atom is -0.382 e. The first-order chi connectivity index (χ1) is 8.34. The van der Waals surface area contributed by atoms with Crippen LogP contribution in [0.1, 0.15) is 59.8 Å². The van der Waals surface area contributed by atoms with Crippen LogP contribution in [-0.4, -0.2) is 23.9 Å². The molecule has 2 nitrogen and oxygen atoms in total. The molecule has 0 aliphatic heterocycles. The summed E-state index contributed by atoms with van der Waals surface area (Å²) < 4.78 is 5.73. The molecule has 18 heavy (non-hydrogen) atoms. The Balaban J connectivity index is 2.56. The van der Waals surface area contributed by atoms with Crippen LogP contribution in [0.3, 0.4) is 0 Å². The second kappa shape index (κ2) is 4.64. The Kier molecular flexibility index (Phi) is 3.63. The van der Waals surface area contributed by atoms with Crippen molar-refractivity contribution < 1.29 is 9.84 Å². The molecule has 0 amide bonds. The fourth-order valence-corrected chi connectivity index (χ4v) is 4.17. The normalized spacial score (nSPS) is 40.3. The lowest BCUT2D eigenvalue weighted by molar-refractivity contribution is -0.166. The Labute approximate surface area is 111 Å². The highest BCUT2D eigenvalue weighted by atomic mass is 16.5. The van der Waals surface area contributed by atoms with Gasteiger partial charge in [-0.3, -0.25) is 0 Å². The highest BCUT2D eigenvalue weighted by molar-refractivity contribution is 5.32. The Morgan fingerprint density at radius 3 is 2.56 bits per heavy atom. The minimum absolute atomic E-state index is 0.0655. The molecule has 0 aromatic heterocycles. The van der Waals surface area contributed by atoms with Crippen molar-refractivity contribution in [2.75, 3.05) is 7.11 Å². The summed E-state index contributed by atoms with van der Waals surface area (Å²) in [6.07, 6.45) is 5.47. The second-order valence-corrected chi connectivity index (χ2v) is 6.93. The number of methoxy groups -OCH3 is 1. The van der Waals surface area contributed by atoms with Crippen LogP contribution in [0.15, 0.2) is 11.1 Å². The van der Waals surface area contributed by atoms with Gasteiger partial charge >= 0.3 is 0 Å². The lowest BCUT2D eigenvalue weighted by Crippen LogP contribution is -2.60. The summed E-state index contributed by atoms with van der Waals surface area (Å²) in [4.78, 5) is 0. The molecule has 104 valence electrons. The molecule has 3 atom stereocenters. The maximum atomic E-state index is 11.5. The predicted octanol–water partition coefficient (Wildman–Crippen LogP) is 3.69. The van der Waals surface area contributed by atoms with Gasteiger partial charge in [-0.05, 0) is 55.9 Å². The van der Waals surface area contributed by atoms with Gasteiger partial charge in [0.2, 0.25) is 0 Å². The van der Waals surface area contributed by atoms with Gasteiger partial charge < -0.3 is 9.84 Å². The third kappa shape index (κ3) is 1.85. The molecular formula is C16H28O2. The predicted molar refractivity (Wildman–Crippen MR) is 74.5 cm³/mol. The summed E-state index contributed by atoms with van der Waals surface area (Å²) in [5.74, 6) is 0.425.